The maximum atomic E-state index is 13.6. The van der Waals surface area contributed by atoms with Crippen LogP contribution in [0.25, 0.3) is 11.0 Å². The number of halogens is 3. The van der Waals surface area contributed by atoms with Crippen LogP contribution in [0.1, 0.15) is 43.8 Å². The third-order valence-electron chi connectivity index (χ3n) is 5.58. The third-order valence-corrected chi connectivity index (χ3v) is 5.86. The van der Waals surface area contributed by atoms with Crippen molar-refractivity contribution in [1.82, 2.24) is 29.5 Å². The molecule has 0 atom stereocenters. The van der Waals surface area contributed by atoms with Gasteiger partial charge in [-0.3, -0.25) is 4.68 Å². The second-order valence-corrected chi connectivity index (χ2v) is 7.93. The second kappa shape index (κ2) is 6.79. The van der Waals surface area contributed by atoms with Crippen LogP contribution in [0.2, 0.25) is 5.15 Å². The molecule has 3 aromatic rings. The van der Waals surface area contributed by atoms with Crippen LogP contribution in [0.15, 0.2) is 6.20 Å². The molecule has 2 bridgehead atoms. The SMILES string of the molecule is Cc1c2c(nn1C1CCC(F)(F)CC1)OCCCn1nc(Cl)c3cnc(nc31)N2. The quantitative estimate of drug-likeness (QED) is 0.629. The Balaban J connectivity index is 1.52. The minimum atomic E-state index is -2.58. The highest BCUT2D eigenvalue weighted by atomic mass is 35.5. The zero-order chi connectivity index (χ0) is 20.2. The van der Waals surface area contributed by atoms with Gasteiger partial charge in [0, 0.05) is 32.0 Å². The lowest BCUT2D eigenvalue weighted by molar-refractivity contribution is -0.0452. The van der Waals surface area contributed by atoms with Crippen molar-refractivity contribution in [2.75, 3.05) is 11.9 Å². The fourth-order valence-electron chi connectivity index (χ4n) is 4.00. The van der Waals surface area contributed by atoms with Crippen molar-refractivity contribution in [1.29, 1.82) is 0 Å². The summed E-state index contributed by atoms with van der Waals surface area (Å²) in [5.41, 5.74) is 2.11. The van der Waals surface area contributed by atoms with Gasteiger partial charge in [-0.15, -0.1) is 5.10 Å². The Morgan fingerprint density at radius 2 is 2.07 bits per heavy atom. The number of ether oxygens (including phenoxy) is 1. The average Bonchev–Trinajstić information content (AvgIpc) is 3.16. The van der Waals surface area contributed by atoms with Gasteiger partial charge in [0.1, 0.15) is 5.69 Å². The van der Waals surface area contributed by atoms with Gasteiger partial charge in [-0.05, 0) is 19.8 Å². The van der Waals surface area contributed by atoms with E-state index in [1.54, 1.807) is 15.6 Å². The summed E-state index contributed by atoms with van der Waals surface area (Å²) in [6.07, 6.45) is 2.84. The molecule has 1 aliphatic heterocycles. The number of rotatable bonds is 1. The molecular formula is C18H20ClF2N7O. The zero-order valence-electron chi connectivity index (χ0n) is 15.8. The molecule has 11 heteroatoms. The fourth-order valence-corrected chi connectivity index (χ4v) is 4.22. The molecule has 0 amide bonds. The molecule has 29 heavy (non-hydrogen) atoms. The van der Waals surface area contributed by atoms with Crippen LogP contribution in [-0.4, -0.2) is 42.1 Å². The first-order chi connectivity index (χ1) is 13.9. The van der Waals surface area contributed by atoms with Crippen LogP contribution < -0.4 is 10.1 Å². The number of nitrogens with one attached hydrogen (secondary N) is 1. The minimum absolute atomic E-state index is 0.0796. The monoisotopic (exact) mass is 423 g/mol. The largest absolute Gasteiger partial charge is 0.475 e. The highest BCUT2D eigenvalue weighted by molar-refractivity contribution is 6.34. The summed E-state index contributed by atoms with van der Waals surface area (Å²) in [5.74, 6) is -1.77. The summed E-state index contributed by atoms with van der Waals surface area (Å²) in [4.78, 5) is 8.90. The van der Waals surface area contributed by atoms with Crippen LogP contribution in [0.5, 0.6) is 5.88 Å². The van der Waals surface area contributed by atoms with E-state index in [9.17, 15) is 8.78 Å². The van der Waals surface area contributed by atoms with E-state index < -0.39 is 5.92 Å². The Bertz CT molecular complexity index is 1070. The maximum Gasteiger partial charge on any atom is 0.257 e. The van der Waals surface area contributed by atoms with Gasteiger partial charge in [-0.25, -0.2) is 18.4 Å². The molecule has 8 nitrogen and oxygen atoms in total. The molecule has 3 aromatic heterocycles. The second-order valence-electron chi connectivity index (χ2n) is 7.57. The van der Waals surface area contributed by atoms with Gasteiger partial charge in [-0.2, -0.15) is 10.1 Å². The summed E-state index contributed by atoms with van der Waals surface area (Å²) in [5, 5.41) is 13.2. The lowest BCUT2D eigenvalue weighted by atomic mass is 9.92. The Morgan fingerprint density at radius 1 is 1.28 bits per heavy atom. The Labute approximate surface area is 170 Å². The van der Waals surface area contributed by atoms with E-state index in [-0.39, 0.29) is 18.9 Å². The highest BCUT2D eigenvalue weighted by Crippen LogP contribution is 2.41. The van der Waals surface area contributed by atoms with Gasteiger partial charge in [-0.1, -0.05) is 11.6 Å². The number of aryl methyl sites for hydroxylation is 1. The van der Waals surface area contributed by atoms with Gasteiger partial charge in [0.2, 0.25) is 11.9 Å². The molecule has 2 aliphatic rings. The van der Waals surface area contributed by atoms with Gasteiger partial charge in [0.25, 0.3) is 5.88 Å². The van der Waals surface area contributed by atoms with E-state index in [0.29, 0.717) is 66.1 Å². The van der Waals surface area contributed by atoms with Crippen molar-refractivity contribution >= 4 is 34.3 Å². The summed E-state index contributed by atoms with van der Waals surface area (Å²) in [6.45, 7) is 2.91. The molecule has 154 valence electrons. The summed E-state index contributed by atoms with van der Waals surface area (Å²) < 4.78 is 36.6. The normalized spacial score (nSPS) is 19.4. The van der Waals surface area contributed by atoms with E-state index in [0.717, 1.165) is 5.69 Å². The van der Waals surface area contributed by atoms with Crippen LogP contribution in [0.3, 0.4) is 0 Å². The first-order valence-electron chi connectivity index (χ1n) is 9.67. The van der Waals surface area contributed by atoms with E-state index >= 15 is 0 Å². The van der Waals surface area contributed by atoms with Crippen molar-refractivity contribution in [2.24, 2.45) is 0 Å². The van der Waals surface area contributed by atoms with Gasteiger partial charge in [0.05, 0.1) is 23.7 Å². The summed E-state index contributed by atoms with van der Waals surface area (Å²) >= 11 is 6.19. The topological polar surface area (TPSA) is 82.7 Å². The predicted octanol–water partition coefficient (Wildman–Crippen LogP) is 4.26. The van der Waals surface area contributed by atoms with Crippen LogP contribution in [-0.2, 0) is 6.54 Å². The molecule has 1 fully saturated rings. The van der Waals surface area contributed by atoms with Gasteiger partial charge >= 0.3 is 0 Å². The smallest absolute Gasteiger partial charge is 0.257 e. The molecule has 1 aliphatic carbocycles. The van der Waals surface area contributed by atoms with E-state index in [2.05, 4.69) is 25.5 Å². The molecule has 0 aromatic carbocycles. The van der Waals surface area contributed by atoms with E-state index in [4.69, 9.17) is 16.3 Å². The van der Waals surface area contributed by atoms with Crippen molar-refractivity contribution in [2.45, 2.75) is 57.5 Å². The van der Waals surface area contributed by atoms with Gasteiger partial charge in [0.15, 0.2) is 10.8 Å². The number of hydrogen-bond donors (Lipinski definition) is 1. The standard InChI is InChI=1S/C18H20ClF2N7O/c1-10-13-16(26-28(10)11-3-5-18(20,21)6-4-11)29-8-2-7-27-15-12(14(19)25-27)9-22-17(23-13)24-15/h9,11H,2-8H2,1H3,(H,22,23,24). The number of anilines is 2. The highest BCUT2D eigenvalue weighted by Gasteiger charge is 2.37. The lowest BCUT2D eigenvalue weighted by Crippen LogP contribution is -2.27. The van der Waals surface area contributed by atoms with Crippen molar-refractivity contribution < 1.29 is 13.5 Å². The van der Waals surface area contributed by atoms with E-state index in [1.807, 2.05) is 6.92 Å². The van der Waals surface area contributed by atoms with Crippen molar-refractivity contribution in [3.8, 4) is 5.88 Å². The average molecular weight is 424 g/mol. The number of alkyl halides is 2. The molecule has 5 rings (SSSR count). The first kappa shape index (κ1) is 18.5. The molecule has 0 radical (unpaired) electrons. The minimum Gasteiger partial charge on any atom is -0.475 e. The van der Waals surface area contributed by atoms with Crippen LogP contribution in [0, 0.1) is 6.92 Å². The number of hydrogen-bond acceptors (Lipinski definition) is 6. The number of fused-ring (bicyclic) bond motifs is 2. The molecule has 1 N–H and O–H groups in total. The first-order valence-corrected chi connectivity index (χ1v) is 10.0. The molecule has 0 unspecified atom stereocenters. The summed E-state index contributed by atoms with van der Waals surface area (Å²) in [7, 11) is 0. The maximum absolute atomic E-state index is 13.6. The fraction of sp³-hybridized carbons (Fsp3) is 0.556. The Morgan fingerprint density at radius 3 is 2.86 bits per heavy atom. The molecule has 1 saturated carbocycles. The summed E-state index contributed by atoms with van der Waals surface area (Å²) in [6, 6.07) is -0.0796. The van der Waals surface area contributed by atoms with Crippen molar-refractivity contribution in [3.63, 3.8) is 0 Å². The molecule has 4 heterocycles. The predicted molar refractivity (Wildman–Crippen MR) is 103 cm³/mol. The lowest BCUT2D eigenvalue weighted by Gasteiger charge is -2.29. The number of aromatic nitrogens is 6. The molecule has 0 spiro atoms. The third kappa shape index (κ3) is 3.29. The van der Waals surface area contributed by atoms with Gasteiger partial charge < -0.3 is 10.1 Å². The van der Waals surface area contributed by atoms with Crippen LogP contribution in [0.4, 0.5) is 20.4 Å². The molecular weight excluding hydrogens is 404 g/mol. The van der Waals surface area contributed by atoms with Crippen LogP contribution >= 0.6 is 11.6 Å². The Hall–Kier alpha value is -2.49. The number of nitrogens with zero attached hydrogens (tertiary/aromatic N) is 6. The Kier molecular flexibility index (Phi) is 4.34. The van der Waals surface area contributed by atoms with E-state index in [1.165, 1.54) is 0 Å². The zero-order valence-corrected chi connectivity index (χ0v) is 16.6. The molecule has 0 saturated heterocycles. The van der Waals surface area contributed by atoms with Crippen molar-refractivity contribution in [3.05, 3.63) is 17.0 Å².